The second-order valence-electron chi connectivity index (χ2n) is 5.38. The van der Waals surface area contributed by atoms with Crippen molar-refractivity contribution in [1.29, 1.82) is 0 Å². The van der Waals surface area contributed by atoms with Gasteiger partial charge in [0.05, 0.1) is 18.8 Å². The van der Waals surface area contributed by atoms with Gasteiger partial charge in [-0.1, -0.05) is 0 Å². The van der Waals surface area contributed by atoms with Gasteiger partial charge < -0.3 is 19.8 Å². The molecule has 2 fully saturated rings. The van der Waals surface area contributed by atoms with Crippen LogP contribution in [-0.4, -0.2) is 84.7 Å². The zero-order valence-corrected chi connectivity index (χ0v) is 10.7. The third-order valence-corrected chi connectivity index (χ3v) is 3.75. The Balaban J connectivity index is 2.06. The van der Waals surface area contributed by atoms with Gasteiger partial charge in [0.2, 0.25) is 0 Å². The zero-order chi connectivity index (χ0) is 12.4. The minimum atomic E-state index is -0.567. The number of hydrogen-bond donors (Lipinski definition) is 2. The summed E-state index contributed by atoms with van der Waals surface area (Å²) in [6.07, 6.45) is 1.40. The van der Waals surface area contributed by atoms with Crippen LogP contribution >= 0.6 is 0 Å². The van der Waals surface area contributed by atoms with Crippen molar-refractivity contribution in [3.8, 4) is 0 Å². The second-order valence-corrected chi connectivity index (χ2v) is 5.38. The number of ether oxygens (including phenoxy) is 1. The van der Waals surface area contributed by atoms with Gasteiger partial charge in [-0.3, -0.25) is 4.90 Å². The van der Waals surface area contributed by atoms with E-state index in [0.717, 1.165) is 19.6 Å². The molecule has 0 aromatic rings. The quantitative estimate of drug-likeness (QED) is 0.673. The summed E-state index contributed by atoms with van der Waals surface area (Å²) < 4.78 is 5.78. The minimum Gasteiger partial charge on any atom is -0.394 e. The standard InChI is InChI=1S/C12H24N2O3/c1-13(2)7-9-11(14-5-3-4-6-14)12(16)10(8-15)17-9/h9-12,15-16H,3-8H2,1-2H3. The van der Waals surface area contributed by atoms with E-state index in [1.54, 1.807) is 0 Å². The zero-order valence-electron chi connectivity index (χ0n) is 10.7. The summed E-state index contributed by atoms with van der Waals surface area (Å²) in [4.78, 5) is 4.38. The van der Waals surface area contributed by atoms with E-state index >= 15 is 0 Å². The van der Waals surface area contributed by atoms with Crippen LogP contribution in [0, 0.1) is 0 Å². The van der Waals surface area contributed by atoms with Crippen molar-refractivity contribution in [2.45, 2.75) is 37.2 Å². The molecule has 2 heterocycles. The Bertz CT molecular complexity index is 244. The molecule has 2 aliphatic rings. The highest BCUT2D eigenvalue weighted by molar-refractivity contribution is 4.98. The first-order valence-corrected chi connectivity index (χ1v) is 6.46. The fourth-order valence-electron chi connectivity index (χ4n) is 2.98. The van der Waals surface area contributed by atoms with Crippen molar-refractivity contribution >= 4 is 0 Å². The molecule has 0 radical (unpaired) electrons. The van der Waals surface area contributed by atoms with Gasteiger partial charge in [0, 0.05) is 6.54 Å². The van der Waals surface area contributed by atoms with E-state index < -0.39 is 12.2 Å². The van der Waals surface area contributed by atoms with Crippen LogP contribution in [0.5, 0.6) is 0 Å². The van der Waals surface area contributed by atoms with Crippen molar-refractivity contribution in [2.24, 2.45) is 0 Å². The van der Waals surface area contributed by atoms with Crippen molar-refractivity contribution < 1.29 is 14.9 Å². The first-order chi connectivity index (χ1) is 8.13. The van der Waals surface area contributed by atoms with E-state index in [4.69, 9.17) is 4.74 Å². The monoisotopic (exact) mass is 244 g/mol. The molecule has 2 aliphatic heterocycles. The molecule has 2 saturated heterocycles. The van der Waals surface area contributed by atoms with Crippen molar-refractivity contribution in [1.82, 2.24) is 9.80 Å². The van der Waals surface area contributed by atoms with Crippen molar-refractivity contribution in [2.75, 3.05) is 40.3 Å². The molecule has 5 nitrogen and oxygen atoms in total. The molecule has 4 unspecified atom stereocenters. The topological polar surface area (TPSA) is 56.2 Å². The molecule has 100 valence electrons. The number of aliphatic hydroxyl groups excluding tert-OH is 2. The van der Waals surface area contributed by atoms with Gasteiger partial charge in [-0.25, -0.2) is 0 Å². The molecule has 0 aromatic heterocycles. The molecule has 0 amide bonds. The molecule has 0 bridgehead atoms. The van der Waals surface area contributed by atoms with Crippen molar-refractivity contribution in [3.63, 3.8) is 0 Å². The summed E-state index contributed by atoms with van der Waals surface area (Å²) >= 11 is 0. The molecule has 4 atom stereocenters. The van der Waals surface area contributed by atoms with Crippen LogP contribution in [0.3, 0.4) is 0 Å². The van der Waals surface area contributed by atoms with Gasteiger partial charge in [-0.05, 0) is 40.0 Å². The first-order valence-electron chi connectivity index (χ1n) is 6.46. The van der Waals surface area contributed by atoms with Crippen LogP contribution in [-0.2, 0) is 4.74 Å². The van der Waals surface area contributed by atoms with Gasteiger partial charge in [0.15, 0.2) is 0 Å². The van der Waals surface area contributed by atoms with Crippen LogP contribution in [0.1, 0.15) is 12.8 Å². The third-order valence-electron chi connectivity index (χ3n) is 3.75. The number of hydrogen-bond acceptors (Lipinski definition) is 5. The SMILES string of the molecule is CN(C)CC1OC(CO)C(O)C1N1CCCC1. The lowest BCUT2D eigenvalue weighted by Gasteiger charge is -2.31. The Morgan fingerprint density at radius 3 is 2.41 bits per heavy atom. The fourth-order valence-corrected chi connectivity index (χ4v) is 2.98. The van der Waals surface area contributed by atoms with Gasteiger partial charge >= 0.3 is 0 Å². The van der Waals surface area contributed by atoms with Gasteiger partial charge in [0.25, 0.3) is 0 Å². The molecule has 5 heteroatoms. The van der Waals surface area contributed by atoms with Gasteiger partial charge in [-0.2, -0.15) is 0 Å². The number of likely N-dealkylation sites (N-methyl/N-ethyl adjacent to an activating group) is 1. The van der Waals surface area contributed by atoms with Crippen molar-refractivity contribution in [3.05, 3.63) is 0 Å². The molecule has 0 aromatic carbocycles. The predicted octanol–water partition coefficient (Wildman–Crippen LogP) is -0.867. The molecule has 0 aliphatic carbocycles. The van der Waals surface area contributed by atoms with E-state index in [-0.39, 0.29) is 18.8 Å². The largest absolute Gasteiger partial charge is 0.394 e. The lowest BCUT2D eigenvalue weighted by atomic mass is 10.0. The lowest BCUT2D eigenvalue weighted by molar-refractivity contribution is -0.0273. The van der Waals surface area contributed by atoms with E-state index in [1.165, 1.54) is 12.8 Å². The molecular weight excluding hydrogens is 220 g/mol. The Kier molecular flexibility index (Phi) is 4.38. The molecular formula is C12H24N2O3. The summed E-state index contributed by atoms with van der Waals surface area (Å²) in [5, 5.41) is 19.5. The summed E-state index contributed by atoms with van der Waals surface area (Å²) in [6.45, 7) is 2.75. The highest BCUT2D eigenvalue weighted by Gasteiger charge is 2.46. The normalized spacial score (nSPS) is 39.4. The van der Waals surface area contributed by atoms with E-state index in [0.29, 0.717) is 0 Å². The minimum absolute atomic E-state index is 0.00440. The third kappa shape index (κ3) is 2.80. The van der Waals surface area contributed by atoms with Gasteiger partial charge in [0.1, 0.15) is 12.2 Å². The molecule has 0 saturated carbocycles. The van der Waals surface area contributed by atoms with E-state index in [9.17, 15) is 10.2 Å². The molecule has 2 N–H and O–H groups in total. The second kappa shape index (κ2) is 5.63. The number of likely N-dealkylation sites (tertiary alicyclic amines) is 1. The Labute approximate surface area is 103 Å². The van der Waals surface area contributed by atoms with E-state index in [1.807, 2.05) is 14.1 Å². The van der Waals surface area contributed by atoms with Crippen LogP contribution in [0.25, 0.3) is 0 Å². The lowest BCUT2D eigenvalue weighted by Crippen LogP contribution is -2.49. The van der Waals surface area contributed by atoms with Crippen LogP contribution < -0.4 is 0 Å². The number of rotatable bonds is 4. The maximum atomic E-state index is 10.2. The first kappa shape index (κ1) is 13.2. The smallest absolute Gasteiger partial charge is 0.109 e. The molecule has 2 rings (SSSR count). The van der Waals surface area contributed by atoms with Gasteiger partial charge in [-0.15, -0.1) is 0 Å². The average molecular weight is 244 g/mol. The van der Waals surface area contributed by atoms with E-state index in [2.05, 4.69) is 9.80 Å². The van der Waals surface area contributed by atoms with Crippen LogP contribution in [0.4, 0.5) is 0 Å². The predicted molar refractivity (Wildman–Crippen MR) is 64.9 cm³/mol. The van der Waals surface area contributed by atoms with Crippen LogP contribution in [0.2, 0.25) is 0 Å². The fraction of sp³-hybridized carbons (Fsp3) is 1.00. The Morgan fingerprint density at radius 1 is 1.24 bits per heavy atom. The summed E-state index contributed by atoms with van der Waals surface area (Å²) in [6, 6.07) is 0.0389. The summed E-state index contributed by atoms with van der Waals surface area (Å²) in [5.74, 6) is 0. The maximum absolute atomic E-state index is 10.2. The Hall–Kier alpha value is -0.200. The summed E-state index contributed by atoms with van der Waals surface area (Å²) in [5.41, 5.74) is 0. The molecule has 17 heavy (non-hydrogen) atoms. The maximum Gasteiger partial charge on any atom is 0.109 e. The average Bonchev–Trinajstić information content (AvgIpc) is 2.85. The number of nitrogens with zero attached hydrogens (tertiary/aromatic N) is 2. The van der Waals surface area contributed by atoms with Crippen LogP contribution in [0.15, 0.2) is 0 Å². The Morgan fingerprint density at radius 2 is 1.88 bits per heavy atom. The summed E-state index contributed by atoms with van der Waals surface area (Å²) in [7, 11) is 4.01. The highest BCUT2D eigenvalue weighted by Crippen LogP contribution is 2.28. The molecule has 0 spiro atoms. The number of aliphatic hydroxyl groups is 2. The highest BCUT2D eigenvalue weighted by atomic mass is 16.5.